The van der Waals surface area contributed by atoms with Crippen LogP contribution in [0.5, 0.6) is 5.88 Å². The van der Waals surface area contributed by atoms with Gasteiger partial charge in [0, 0.05) is 11.6 Å². The first-order valence-corrected chi connectivity index (χ1v) is 8.62. The van der Waals surface area contributed by atoms with Gasteiger partial charge in [-0.1, -0.05) is 60.7 Å². The summed E-state index contributed by atoms with van der Waals surface area (Å²) in [6.45, 7) is 1.92. The van der Waals surface area contributed by atoms with Crippen LogP contribution >= 0.6 is 0 Å². The number of aromatic hydroxyl groups is 1. The van der Waals surface area contributed by atoms with Crippen molar-refractivity contribution in [1.82, 2.24) is 19.9 Å². The first kappa shape index (κ1) is 16.8. The third kappa shape index (κ3) is 3.25. The number of nitrogens with zero attached hydrogens (tertiary/aromatic N) is 3. The predicted molar refractivity (Wildman–Crippen MR) is 102 cm³/mol. The van der Waals surface area contributed by atoms with E-state index < -0.39 is 0 Å². The number of carbonyl (C=O) groups is 1. The van der Waals surface area contributed by atoms with Crippen LogP contribution in [0.2, 0.25) is 0 Å². The Morgan fingerprint density at radius 3 is 2.44 bits per heavy atom. The van der Waals surface area contributed by atoms with Gasteiger partial charge in [0.25, 0.3) is 5.91 Å². The fraction of sp³-hybridized carbons (Fsp3) is 0.0952. The molecule has 134 valence electrons. The van der Waals surface area contributed by atoms with Crippen molar-refractivity contribution in [3.8, 4) is 17.1 Å². The average molecular weight is 358 g/mol. The second kappa shape index (κ2) is 6.92. The lowest BCUT2D eigenvalue weighted by molar-refractivity contribution is 0.0941. The molecule has 0 bridgehead atoms. The third-order valence-corrected chi connectivity index (χ3v) is 4.41. The number of carbonyl (C=O) groups excluding carboxylic acids is 1. The SMILES string of the molecule is CC(NC(=O)c1cnn2c(O)cc(-c3ccccc3)nc12)c1ccccc1. The van der Waals surface area contributed by atoms with Gasteiger partial charge in [0.2, 0.25) is 5.88 Å². The zero-order valence-electron chi connectivity index (χ0n) is 14.7. The Hall–Kier alpha value is -3.67. The van der Waals surface area contributed by atoms with Crippen LogP contribution in [-0.4, -0.2) is 25.6 Å². The number of hydrogen-bond acceptors (Lipinski definition) is 4. The zero-order valence-corrected chi connectivity index (χ0v) is 14.7. The van der Waals surface area contributed by atoms with Crippen LogP contribution in [0.3, 0.4) is 0 Å². The summed E-state index contributed by atoms with van der Waals surface area (Å²) in [7, 11) is 0. The molecule has 2 N–H and O–H groups in total. The Bertz CT molecular complexity index is 1090. The molecule has 0 fully saturated rings. The molecule has 1 amide bonds. The molecule has 0 saturated heterocycles. The molecular weight excluding hydrogens is 340 g/mol. The molecule has 2 heterocycles. The van der Waals surface area contributed by atoms with Gasteiger partial charge in [0.15, 0.2) is 5.65 Å². The van der Waals surface area contributed by atoms with Gasteiger partial charge < -0.3 is 10.4 Å². The molecule has 6 heteroatoms. The summed E-state index contributed by atoms with van der Waals surface area (Å²) >= 11 is 0. The van der Waals surface area contributed by atoms with Crippen LogP contribution in [0.25, 0.3) is 16.9 Å². The molecule has 1 atom stereocenters. The Kier molecular flexibility index (Phi) is 4.30. The van der Waals surface area contributed by atoms with E-state index >= 15 is 0 Å². The predicted octanol–water partition coefficient (Wildman–Crippen LogP) is 3.59. The highest BCUT2D eigenvalue weighted by atomic mass is 16.3. The van der Waals surface area contributed by atoms with Gasteiger partial charge in [-0.25, -0.2) is 4.98 Å². The van der Waals surface area contributed by atoms with E-state index in [0.717, 1.165) is 11.1 Å². The molecule has 0 spiro atoms. The number of fused-ring (bicyclic) bond motifs is 1. The van der Waals surface area contributed by atoms with Crippen LogP contribution in [-0.2, 0) is 0 Å². The quantitative estimate of drug-likeness (QED) is 0.584. The molecule has 6 nitrogen and oxygen atoms in total. The molecule has 2 aromatic carbocycles. The van der Waals surface area contributed by atoms with Crippen molar-refractivity contribution in [2.45, 2.75) is 13.0 Å². The van der Waals surface area contributed by atoms with Crippen molar-refractivity contribution in [2.24, 2.45) is 0 Å². The molecule has 0 aliphatic rings. The lowest BCUT2D eigenvalue weighted by Gasteiger charge is -2.13. The van der Waals surface area contributed by atoms with Crippen LogP contribution in [0.15, 0.2) is 72.9 Å². The molecule has 0 aliphatic carbocycles. The molecule has 0 aliphatic heterocycles. The average Bonchev–Trinajstić information content (AvgIpc) is 3.14. The number of nitrogens with one attached hydrogen (secondary N) is 1. The number of hydrogen-bond donors (Lipinski definition) is 2. The molecule has 27 heavy (non-hydrogen) atoms. The number of aromatic nitrogens is 3. The van der Waals surface area contributed by atoms with E-state index in [1.165, 1.54) is 16.8 Å². The first-order valence-electron chi connectivity index (χ1n) is 8.62. The van der Waals surface area contributed by atoms with Crippen molar-refractivity contribution in [3.05, 3.63) is 84.1 Å². The summed E-state index contributed by atoms with van der Waals surface area (Å²) in [5.41, 5.74) is 3.05. The fourth-order valence-electron chi connectivity index (χ4n) is 2.96. The van der Waals surface area contributed by atoms with Crippen LogP contribution < -0.4 is 5.32 Å². The van der Waals surface area contributed by atoms with Crippen LogP contribution in [0, 0.1) is 0 Å². The van der Waals surface area contributed by atoms with E-state index in [-0.39, 0.29) is 17.8 Å². The number of amides is 1. The lowest BCUT2D eigenvalue weighted by Crippen LogP contribution is -2.26. The van der Waals surface area contributed by atoms with Crippen molar-refractivity contribution in [1.29, 1.82) is 0 Å². The maximum atomic E-state index is 12.8. The lowest BCUT2D eigenvalue weighted by atomic mass is 10.1. The topological polar surface area (TPSA) is 79.5 Å². The van der Waals surface area contributed by atoms with Crippen LogP contribution in [0.1, 0.15) is 28.9 Å². The summed E-state index contributed by atoms with van der Waals surface area (Å²) in [6, 6.07) is 20.6. The molecule has 0 radical (unpaired) electrons. The number of benzene rings is 2. The largest absolute Gasteiger partial charge is 0.493 e. The summed E-state index contributed by atoms with van der Waals surface area (Å²) in [4.78, 5) is 17.3. The molecule has 4 aromatic rings. The Labute approximate surface area is 156 Å². The standard InChI is InChI=1S/C21H18N4O2/c1-14(15-8-4-2-5-9-15)23-21(27)17-13-22-25-19(26)12-18(24-20(17)25)16-10-6-3-7-11-16/h2-14,26H,1H3,(H,23,27). The van der Waals surface area contributed by atoms with Gasteiger partial charge in [0.05, 0.1) is 17.9 Å². The monoisotopic (exact) mass is 358 g/mol. The molecule has 1 unspecified atom stereocenters. The molecular formula is C21H18N4O2. The van der Waals surface area contributed by atoms with E-state index in [1.54, 1.807) is 0 Å². The zero-order chi connectivity index (χ0) is 18.8. The van der Waals surface area contributed by atoms with Gasteiger partial charge in [-0.05, 0) is 12.5 Å². The molecule has 2 aromatic heterocycles. The van der Waals surface area contributed by atoms with E-state index in [1.807, 2.05) is 67.6 Å². The maximum absolute atomic E-state index is 12.8. The van der Waals surface area contributed by atoms with Crippen LogP contribution in [0.4, 0.5) is 0 Å². The normalized spacial score (nSPS) is 12.0. The first-order chi connectivity index (χ1) is 13.1. The van der Waals surface area contributed by atoms with Crippen molar-refractivity contribution < 1.29 is 9.90 Å². The third-order valence-electron chi connectivity index (χ3n) is 4.41. The van der Waals surface area contributed by atoms with E-state index in [0.29, 0.717) is 16.9 Å². The van der Waals surface area contributed by atoms with E-state index in [4.69, 9.17) is 0 Å². The molecule has 0 saturated carbocycles. The Balaban J connectivity index is 1.69. The van der Waals surface area contributed by atoms with Gasteiger partial charge >= 0.3 is 0 Å². The minimum Gasteiger partial charge on any atom is -0.493 e. The Morgan fingerprint density at radius 2 is 1.74 bits per heavy atom. The molecule has 4 rings (SSSR count). The minimum atomic E-state index is -0.293. The number of rotatable bonds is 4. The highest BCUT2D eigenvalue weighted by Crippen LogP contribution is 2.24. The summed E-state index contributed by atoms with van der Waals surface area (Å²) in [5, 5.41) is 17.4. The summed E-state index contributed by atoms with van der Waals surface area (Å²) < 4.78 is 1.26. The maximum Gasteiger partial charge on any atom is 0.257 e. The van der Waals surface area contributed by atoms with Crippen molar-refractivity contribution in [3.63, 3.8) is 0 Å². The Morgan fingerprint density at radius 1 is 1.07 bits per heavy atom. The highest BCUT2D eigenvalue weighted by Gasteiger charge is 2.19. The highest BCUT2D eigenvalue weighted by molar-refractivity contribution is 6.00. The van der Waals surface area contributed by atoms with Crippen molar-refractivity contribution >= 4 is 11.6 Å². The fourth-order valence-corrected chi connectivity index (χ4v) is 2.96. The van der Waals surface area contributed by atoms with E-state index in [2.05, 4.69) is 15.4 Å². The minimum absolute atomic E-state index is 0.0750. The second-order valence-electron chi connectivity index (χ2n) is 6.27. The van der Waals surface area contributed by atoms with Gasteiger partial charge in [-0.2, -0.15) is 9.61 Å². The van der Waals surface area contributed by atoms with Gasteiger partial charge in [-0.15, -0.1) is 0 Å². The summed E-state index contributed by atoms with van der Waals surface area (Å²) in [5.74, 6) is -0.368. The smallest absolute Gasteiger partial charge is 0.257 e. The van der Waals surface area contributed by atoms with Gasteiger partial charge in [-0.3, -0.25) is 4.79 Å². The van der Waals surface area contributed by atoms with Crippen molar-refractivity contribution in [2.75, 3.05) is 0 Å². The van der Waals surface area contributed by atoms with E-state index in [9.17, 15) is 9.90 Å². The van der Waals surface area contributed by atoms with Gasteiger partial charge in [0.1, 0.15) is 5.56 Å². The second-order valence-corrected chi connectivity index (χ2v) is 6.27. The summed E-state index contributed by atoms with van der Waals surface area (Å²) in [6.07, 6.45) is 1.42.